The zero-order valence-electron chi connectivity index (χ0n) is 18.3. The van der Waals surface area contributed by atoms with Crippen molar-refractivity contribution in [1.29, 1.82) is 0 Å². The average Bonchev–Trinajstić information content (AvgIpc) is 2.77. The van der Waals surface area contributed by atoms with Crippen LogP contribution in [0.4, 0.5) is 4.79 Å². The Balaban J connectivity index is 1.60. The number of carbonyl (C=O) groups excluding carboxylic acids is 1. The third kappa shape index (κ3) is 5.79. The van der Waals surface area contributed by atoms with Crippen molar-refractivity contribution in [2.75, 3.05) is 13.1 Å². The first-order valence-corrected chi connectivity index (χ1v) is 11.7. The Bertz CT molecular complexity index is 829. The van der Waals surface area contributed by atoms with Gasteiger partial charge in [-0.3, -0.25) is 0 Å². The summed E-state index contributed by atoms with van der Waals surface area (Å²) < 4.78 is 5.67. The molecule has 0 atom stereocenters. The summed E-state index contributed by atoms with van der Waals surface area (Å²) in [6, 6.07) is 17.9. The van der Waals surface area contributed by atoms with E-state index in [-0.39, 0.29) is 17.4 Å². The number of likely N-dealkylation sites (tertiary alicyclic amines) is 1. The monoisotopic (exact) mass is 427 g/mol. The molecule has 1 aliphatic heterocycles. The lowest BCUT2D eigenvalue weighted by Gasteiger charge is -2.39. The number of carbonyl (C=O) groups is 1. The van der Waals surface area contributed by atoms with Crippen LogP contribution >= 0.6 is 11.8 Å². The number of piperidine rings is 1. The van der Waals surface area contributed by atoms with E-state index in [1.165, 1.54) is 5.56 Å². The van der Waals surface area contributed by atoms with Gasteiger partial charge in [0.05, 0.1) is 5.60 Å². The first-order chi connectivity index (χ1) is 14.3. The van der Waals surface area contributed by atoms with E-state index in [2.05, 4.69) is 26.8 Å². The van der Waals surface area contributed by atoms with Crippen LogP contribution in [0.15, 0.2) is 54.6 Å². The third-order valence-electron chi connectivity index (χ3n) is 6.04. The van der Waals surface area contributed by atoms with Gasteiger partial charge in [0, 0.05) is 23.6 Å². The summed E-state index contributed by atoms with van der Waals surface area (Å²) in [5.74, 6) is 0.877. The van der Waals surface area contributed by atoms with Crippen molar-refractivity contribution in [3.05, 3.63) is 71.3 Å². The van der Waals surface area contributed by atoms with E-state index in [4.69, 9.17) is 4.74 Å². The summed E-state index contributed by atoms with van der Waals surface area (Å²) in [5.41, 5.74) is 2.26. The fourth-order valence-corrected chi connectivity index (χ4v) is 4.62. The van der Waals surface area contributed by atoms with E-state index in [1.54, 1.807) is 4.90 Å². The van der Waals surface area contributed by atoms with E-state index in [0.717, 1.165) is 23.3 Å². The quantitative estimate of drug-likeness (QED) is 0.613. The average molecular weight is 428 g/mol. The van der Waals surface area contributed by atoms with Crippen LogP contribution in [0.3, 0.4) is 0 Å². The molecule has 162 valence electrons. The number of aliphatic hydroxyl groups is 1. The van der Waals surface area contributed by atoms with Crippen molar-refractivity contribution >= 4 is 17.9 Å². The minimum Gasteiger partial charge on any atom is -0.445 e. The van der Waals surface area contributed by atoms with Gasteiger partial charge in [-0.25, -0.2) is 4.79 Å². The molecule has 0 radical (unpaired) electrons. The Labute approximate surface area is 184 Å². The molecule has 3 rings (SSSR count). The molecule has 1 heterocycles. The van der Waals surface area contributed by atoms with Crippen LogP contribution < -0.4 is 0 Å². The second-order valence-electron chi connectivity index (χ2n) is 8.62. The molecule has 4 nitrogen and oxygen atoms in total. The number of amides is 1. The van der Waals surface area contributed by atoms with Crippen LogP contribution in [0.2, 0.25) is 0 Å². The van der Waals surface area contributed by atoms with Crippen LogP contribution in [-0.4, -0.2) is 33.9 Å². The third-order valence-corrected chi connectivity index (χ3v) is 7.57. The van der Waals surface area contributed by atoms with Crippen LogP contribution in [0.25, 0.3) is 0 Å². The second-order valence-corrected chi connectivity index (χ2v) is 10.3. The first-order valence-electron chi connectivity index (χ1n) is 10.7. The van der Waals surface area contributed by atoms with Gasteiger partial charge in [-0.1, -0.05) is 75.4 Å². The Morgan fingerprint density at radius 1 is 1.10 bits per heavy atom. The van der Waals surface area contributed by atoms with E-state index in [1.807, 2.05) is 60.3 Å². The number of ether oxygens (including phenoxy) is 1. The van der Waals surface area contributed by atoms with Crippen molar-refractivity contribution in [2.24, 2.45) is 0 Å². The molecule has 30 heavy (non-hydrogen) atoms. The minimum absolute atomic E-state index is 0.210. The minimum atomic E-state index is -0.899. The molecule has 5 heteroatoms. The Hall–Kier alpha value is -1.98. The second kappa shape index (κ2) is 9.88. The lowest BCUT2D eigenvalue weighted by atomic mass is 9.82. The van der Waals surface area contributed by atoms with Crippen molar-refractivity contribution in [2.45, 2.75) is 62.7 Å². The van der Waals surface area contributed by atoms with Crippen molar-refractivity contribution in [1.82, 2.24) is 4.90 Å². The molecule has 2 aromatic rings. The molecule has 1 aliphatic rings. The van der Waals surface area contributed by atoms with Gasteiger partial charge < -0.3 is 14.7 Å². The summed E-state index contributed by atoms with van der Waals surface area (Å²) >= 11 is 1.92. The summed E-state index contributed by atoms with van der Waals surface area (Å²) in [6.45, 7) is 7.98. The van der Waals surface area contributed by atoms with Gasteiger partial charge >= 0.3 is 6.09 Å². The largest absolute Gasteiger partial charge is 0.445 e. The lowest BCUT2D eigenvalue weighted by molar-refractivity contribution is -0.0259. The number of nitrogens with zero attached hydrogens (tertiary/aromatic N) is 1. The molecule has 0 aromatic heterocycles. The molecule has 2 aromatic carbocycles. The topological polar surface area (TPSA) is 49.8 Å². The van der Waals surface area contributed by atoms with E-state index in [0.29, 0.717) is 25.9 Å². The Morgan fingerprint density at radius 3 is 2.40 bits per heavy atom. The van der Waals surface area contributed by atoms with Crippen LogP contribution in [0.5, 0.6) is 0 Å². The van der Waals surface area contributed by atoms with Gasteiger partial charge in [-0.15, -0.1) is 0 Å². The SMILES string of the molecule is CCC(C)(C)SCc1ccccc1C1(O)CCN(C(=O)OCc2ccccc2)CC1. The normalized spacial score (nSPS) is 16.3. The molecule has 0 bridgehead atoms. The van der Waals surface area contributed by atoms with Crippen LogP contribution in [0, 0.1) is 0 Å². The maximum absolute atomic E-state index is 12.5. The van der Waals surface area contributed by atoms with Gasteiger partial charge in [0.2, 0.25) is 0 Å². The maximum Gasteiger partial charge on any atom is 0.410 e. The molecule has 1 amide bonds. The standard InChI is InChI=1S/C25H33NO3S/c1-4-24(2,3)30-19-21-12-8-9-13-22(21)25(28)14-16-26(17-15-25)23(27)29-18-20-10-6-5-7-11-20/h5-13,28H,4,14-19H2,1-3H3. The molecule has 0 aliphatic carbocycles. The molecule has 1 N–H and O–H groups in total. The van der Waals surface area contributed by atoms with Crippen LogP contribution in [0.1, 0.15) is 56.7 Å². The smallest absolute Gasteiger partial charge is 0.410 e. The van der Waals surface area contributed by atoms with E-state index < -0.39 is 5.60 Å². The molecule has 0 unspecified atom stereocenters. The summed E-state index contributed by atoms with van der Waals surface area (Å²) in [5, 5.41) is 11.4. The molecule has 0 saturated carbocycles. The summed E-state index contributed by atoms with van der Waals surface area (Å²) in [6.07, 6.45) is 1.83. The highest BCUT2D eigenvalue weighted by atomic mass is 32.2. The zero-order chi connectivity index (χ0) is 21.6. The predicted molar refractivity (Wildman–Crippen MR) is 123 cm³/mol. The Kier molecular flexibility index (Phi) is 7.48. The fourth-order valence-electron chi connectivity index (χ4n) is 3.61. The van der Waals surface area contributed by atoms with Gasteiger partial charge in [0.1, 0.15) is 6.61 Å². The van der Waals surface area contributed by atoms with Gasteiger partial charge in [-0.2, -0.15) is 11.8 Å². The number of hydrogen-bond acceptors (Lipinski definition) is 4. The number of thioether (sulfide) groups is 1. The zero-order valence-corrected chi connectivity index (χ0v) is 19.1. The van der Waals surface area contributed by atoms with E-state index in [9.17, 15) is 9.90 Å². The molecule has 0 spiro atoms. The number of benzene rings is 2. The molecule has 1 saturated heterocycles. The first kappa shape index (κ1) is 22.7. The molecular weight excluding hydrogens is 394 g/mol. The lowest BCUT2D eigenvalue weighted by Crippen LogP contribution is -2.45. The highest BCUT2D eigenvalue weighted by molar-refractivity contribution is 7.99. The van der Waals surface area contributed by atoms with Crippen molar-refractivity contribution in [3.8, 4) is 0 Å². The fraction of sp³-hybridized carbons (Fsp3) is 0.480. The predicted octanol–water partition coefficient (Wildman–Crippen LogP) is 5.73. The highest BCUT2D eigenvalue weighted by Crippen LogP contribution is 2.38. The van der Waals surface area contributed by atoms with Gasteiger partial charge in [0.25, 0.3) is 0 Å². The Morgan fingerprint density at radius 2 is 1.73 bits per heavy atom. The maximum atomic E-state index is 12.5. The summed E-state index contributed by atoms with van der Waals surface area (Å²) in [4.78, 5) is 14.2. The number of hydrogen-bond donors (Lipinski definition) is 1. The van der Waals surface area contributed by atoms with Crippen LogP contribution in [-0.2, 0) is 22.7 Å². The van der Waals surface area contributed by atoms with E-state index >= 15 is 0 Å². The van der Waals surface area contributed by atoms with Gasteiger partial charge in [0.15, 0.2) is 0 Å². The van der Waals surface area contributed by atoms with Crippen molar-refractivity contribution < 1.29 is 14.6 Å². The number of rotatable bonds is 7. The van der Waals surface area contributed by atoms with Gasteiger partial charge in [-0.05, 0) is 36.0 Å². The summed E-state index contributed by atoms with van der Waals surface area (Å²) in [7, 11) is 0. The molecular formula is C25H33NO3S. The molecule has 1 fully saturated rings. The highest BCUT2D eigenvalue weighted by Gasteiger charge is 2.37. The van der Waals surface area contributed by atoms with Crippen molar-refractivity contribution in [3.63, 3.8) is 0 Å².